The Morgan fingerprint density at radius 3 is 2.25 bits per heavy atom. The average Bonchev–Trinajstić information content (AvgIpc) is 1.67. The lowest BCUT2D eigenvalue weighted by Crippen LogP contribution is -2.24. The van der Waals surface area contributed by atoms with Gasteiger partial charge in [-0.2, -0.15) is 5.26 Å². The lowest BCUT2D eigenvalue weighted by Gasteiger charge is -2.12. The van der Waals surface area contributed by atoms with Crippen LogP contribution in [0.3, 0.4) is 0 Å². The Morgan fingerprint density at radius 2 is 2.12 bits per heavy atom. The molecular formula is C6H12N2. The van der Waals surface area contributed by atoms with Crippen molar-refractivity contribution >= 4 is 0 Å². The van der Waals surface area contributed by atoms with Gasteiger partial charge in [0.1, 0.15) is 0 Å². The summed E-state index contributed by atoms with van der Waals surface area (Å²) in [5, 5.41) is 11.4. The SMILES string of the molecule is CNCC(C)(C)C#N. The predicted octanol–water partition coefficient (Wildman–Crippen LogP) is 0.756. The van der Waals surface area contributed by atoms with Gasteiger partial charge in [-0.05, 0) is 20.9 Å². The first-order valence-electron chi connectivity index (χ1n) is 2.68. The Labute approximate surface area is 50.5 Å². The smallest absolute Gasteiger partial charge is 0.0697 e. The fraction of sp³-hybridized carbons (Fsp3) is 0.833. The predicted molar refractivity (Wildman–Crippen MR) is 33.3 cm³/mol. The second-order valence-electron chi connectivity index (χ2n) is 2.53. The van der Waals surface area contributed by atoms with Crippen LogP contribution in [0.2, 0.25) is 0 Å². The largest absolute Gasteiger partial charge is 0.318 e. The van der Waals surface area contributed by atoms with Gasteiger partial charge in [0.25, 0.3) is 0 Å². The van der Waals surface area contributed by atoms with Crippen molar-refractivity contribution in [3.63, 3.8) is 0 Å². The first kappa shape index (κ1) is 7.45. The Bertz CT molecular complexity index is 99.6. The van der Waals surface area contributed by atoms with E-state index in [1.165, 1.54) is 0 Å². The van der Waals surface area contributed by atoms with Crippen molar-refractivity contribution in [2.45, 2.75) is 13.8 Å². The molecule has 0 atom stereocenters. The lowest BCUT2D eigenvalue weighted by molar-refractivity contribution is 0.468. The third kappa shape index (κ3) is 2.59. The summed E-state index contributed by atoms with van der Waals surface area (Å²) in [7, 11) is 1.85. The zero-order chi connectivity index (χ0) is 6.62. The molecule has 1 N–H and O–H groups in total. The maximum atomic E-state index is 8.44. The molecule has 0 heterocycles. The fourth-order valence-corrected chi connectivity index (χ4v) is 0.481. The molecular weight excluding hydrogens is 100 g/mol. The maximum absolute atomic E-state index is 8.44. The minimum absolute atomic E-state index is 0.214. The van der Waals surface area contributed by atoms with Gasteiger partial charge in [0, 0.05) is 6.54 Å². The standard InChI is InChI=1S/C6H12N2/c1-6(2,4-7)5-8-3/h8H,5H2,1-3H3. The van der Waals surface area contributed by atoms with Crippen molar-refractivity contribution in [2.24, 2.45) is 5.41 Å². The molecule has 0 spiro atoms. The van der Waals surface area contributed by atoms with Gasteiger partial charge in [0.05, 0.1) is 11.5 Å². The number of rotatable bonds is 2. The Morgan fingerprint density at radius 1 is 1.62 bits per heavy atom. The van der Waals surface area contributed by atoms with Crippen molar-refractivity contribution in [3.05, 3.63) is 0 Å². The number of nitriles is 1. The van der Waals surface area contributed by atoms with E-state index in [2.05, 4.69) is 11.4 Å². The summed E-state index contributed by atoms with van der Waals surface area (Å²) < 4.78 is 0. The van der Waals surface area contributed by atoms with Gasteiger partial charge in [0.2, 0.25) is 0 Å². The van der Waals surface area contributed by atoms with E-state index >= 15 is 0 Å². The zero-order valence-corrected chi connectivity index (χ0v) is 5.65. The first-order chi connectivity index (χ1) is 3.62. The highest BCUT2D eigenvalue weighted by Crippen LogP contribution is 2.09. The Kier molecular flexibility index (Phi) is 2.50. The second-order valence-corrected chi connectivity index (χ2v) is 2.53. The van der Waals surface area contributed by atoms with Crippen LogP contribution in [0.15, 0.2) is 0 Å². The van der Waals surface area contributed by atoms with Crippen LogP contribution in [0.1, 0.15) is 13.8 Å². The molecule has 0 aliphatic rings. The van der Waals surface area contributed by atoms with Gasteiger partial charge in [0.15, 0.2) is 0 Å². The van der Waals surface area contributed by atoms with Crippen LogP contribution in [-0.4, -0.2) is 13.6 Å². The van der Waals surface area contributed by atoms with Gasteiger partial charge >= 0.3 is 0 Å². The normalized spacial score (nSPS) is 10.8. The minimum Gasteiger partial charge on any atom is -0.318 e. The molecule has 0 aromatic heterocycles. The van der Waals surface area contributed by atoms with E-state index in [1.807, 2.05) is 20.9 Å². The molecule has 8 heavy (non-hydrogen) atoms. The molecule has 0 bridgehead atoms. The van der Waals surface area contributed by atoms with Gasteiger partial charge in [-0.25, -0.2) is 0 Å². The van der Waals surface area contributed by atoms with E-state index in [4.69, 9.17) is 5.26 Å². The molecule has 2 nitrogen and oxygen atoms in total. The second kappa shape index (κ2) is 2.68. The summed E-state index contributed by atoms with van der Waals surface area (Å²) in [6.45, 7) is 4.57. The Hall–Kier alpha value is -0.550. The highest BCUT2D eigenvalue weighted by molar-refractivity contribution is 4.92. The van der Waals surface area contributed by atoms with E-state index in [0.717, 1.165) is 6.54 Å². The molecule has 0 unspecified atom stereocenters. The third-order valence-electron chi connectivity index (χ3n) is 0.921. The van der Waals surface area contributed by atoms with Crippen molar-refractivity contribution in [1.82, 2.24) is 5.32 Å². The van der Waals surface area contributed by atoms with Gasteiger partial charge in [-0.15, -0.1) is 0 Å². The van der Waals surface area contributed by atoms with Crippen LogP contribution in [0.4, 0.5) is 0 Å². The van der Waals surface area contributed by atoms with E-state index in [0.29, 0.717) is 0 Å². The quantitative estimate of drug-likeness (QED) is 0.572. The molecule has 46 valence electrons. The summed E-state index contributed by atoms with van der Waals surface area (Å²) in [6.07, 6.45) is 0. The number of nitrogens with zero attached hydrogens (tertiary/aromatic N) is 1. The van der Waals surface area contributed by atoms with E-state index in [1.54, 1.807) is 0 Å². The molecule has 0 rings (SSSR count). The molecule has 0 fully saturated rings. The average molecular weight is 112 g/mol. The number of nitrogens with one attached hydrogen (secondary N) is 1. The van der Waals surface area contributed by atoms with Crippen LogP contribution in [0.25, 0.3) is 0 Å². The first-order valence-corrected chi connectivity index (χ1v) is 2.68. The van der Waals surface area contributed by atoms with E-state index in [9.17, 15) is 0 Å². The highest BCUT2D eigenvalue weighted by Gasteiger charge is 2.13. The summed E-state index contributed by atoms with van der Waals surface area (Å²) in [5.41, 5.74) is -0.214. The van der Waals surface area contributed by atoms with Crippen LogP contribution >= 0.6 is 0 Å². The number of hydrogen-bond donors (Lipinski definition) is 1. The highest BCUT2D eigenvalue weighted by atomic mass is 14.8. The molecule has 2 heteroatoms. The van der Waals surface area contributed by atoms with Crippen molar-refractivity contribution < 1.29 is 0 Å². The van der Waals surface area contributed by atoms with Crippen LogP contribution in [-0.2, 0) is 0 Å². The monoisotopic (exact) mass is 112 g/mol. The maximum Gasteiger partial charge on any atom is 0.0697 e. The van der Waals surface area contributed by atoms with E-state index < -0.39 is 0 Å². The van der Waals surface area contributed by atoms with Gasteiger partial charge in [-0.1, -0.05) is 0 Å². The molecule has 0 amide bonds. The van der Waals surface area contributed by atoms with Crippen molar-refractivity contribution in [2.75, 3.05) is 13.6 Å². The summed E-state index contributed by atoms with van der Waals surface area (Å²) >= 11 is 0. The van der Waals surface area contributed by atoms with Crippen LogP contribution in [0.5, 0.6) is 0 Å². The van der Waals surface area contributed by atoms with Crippen molar-refractivity contribution in [3.8, 4) is 6.07 Å². The summed E-state index contributed by atoms with van der Waals surface area (Å²) in [4.78, 5) is 0. The zero-order valence-electron chi connectivity index (χ0n) is 5.65. The van der Waals surface area contributed by atoms with Gasteiger partial charge in [-0.3, -0.25) is 0 Å². The van der Waals surface area contributed by atoms with Crippen LogP contribution < -0.4 is 5.32 Å². The molecule has 0 saturated carbocycles. The summed E-state index contributed by atoms with van der Waals surface area (Å²) in [6, 6.07) is 2.18. The summed E-state index contributed by atoms with van der Waals surface area (Å²) in [5.74, 6) is 0. The van der Waals surface area contributed by atoms with Crippen LogP contribution in [0, 0.1) is 16.7 Å². The molecule has 0 aromatic carbocycles. The third-order valence-corrected chi connectivity index (χ3v) is 0.921. The Balaban J connectivity index is 3.59. The molecule has 0 aliphatic heterocycles. The molecule has 0 radical (unpaired) electrons. The fourth-order valence-electron chi connectivity index (χ4n) is 0.481. The topological polar surface area (TPSA) is 35.8 Å². The molecule has 0 saturated heterocycles. The molecule has 0 aliphatic carbocycles. The number of hydrogen-bond acceptors (Lipinski definition) is 2. The lowest BCUT2D eigenvalue weighted by atomic mass is 9.96. The molecule has 0 aromatic rings. The van der Waals surface area contributed by atoms with E-state index in [-0.39, 0.29) is 5.41 Å². The minimum atomic E-state index is -0.214. The van der Waals surface area contributed by atoms with Crippen molar-refractivity contribution in [1.29, 1.82) is 5.26 Å². The van der Waals surface area contributed by atoms with Gasteiger partial charge < -0.3 is 5.32 Å².